The molecule has 0 bridgehead atoms. The van der Waals surface area contributed by atoms with Gasteiger partial charge in [0.1, 0.15) is 0 Å². The average Bonchev–Trinajstić information content (AvgIpc) is 2.06. The maximum absolute atomic E-state index is 4.48. The Morgan fingerprint density at radius 2 is 2.00 bits per heavy atom. The molecule has 0 N–H and O–H groups in total. The van der Waals surface area contributed by atoms with E-state index in [0.29, 0.717) is 0 Å². The largest absolute Gasteiger partial charge is 0.168 e. The third-order valence-corrected chi connectivity index (χ3v) is 2.19. The lowest BCUT2D eigenvalue weighted by Gasteiger charge is -2.18. The topological polar surface area (TPSA) is 0 Å². The van der Waals surface area contributed by atoms with Crippen LogP contribution in [0.5, 0.6) is 0 Å². The van der Waals surface area contributed by atoms with E-state index >= 15 is 0 Å². The molecule has 0 amide bonds. The van der Waals surface area contributed by atoms with E-state index in [1.807, 2.05) is 24.3 Å². The van der Waals surface area contributed by atoms with Gasteiger partial charge in [0, 0.05) is 4.75 Å². The van der Waals surface area contributed by atoms with Crippen molar-refractivity contribution in [2.75, 3.05) is 0 Å². The van der Waals surface area contributed by atoms with E-state index in [4.69, 9.17) is 0 Å². The number of rotatable bonds is 3. The van der Waals surface area contributed by atoms with Gasteiger partial charge in [-0.05, 0) is 18.9 Å². The lowest BCUT2D eigenvalue weighted by molar-refractivity contribution is 0.792. The van der Waals surface area contributed by atoms with E-state index < -0.39 is 0 Å². The van der Waals surface area contributed by atoms with Crippen molar-refractivity contribution in [2.24, 2.45) is 0 Å². The molecule has 0 aliphatic carbocycles. The van der Waals surface area contributed by atoms with Gasteiger partial charge in [-0.1, -0.05) is 36.4 Å². The summed E-state index contributed by atoms with van der Waals surface area (Å²) >= 11 is 4.48. The Morgan fingerprint density at radius 3 is 2.50 bits per heavy atom. The van der Waals surface area contributed by atoms with Crippen molar-refractivity contribution < 1.29 is 0 Å². The summed E-state index contributed by atoms with van der Waals surface area (Å²) in [5.74, 6) is 0. The summed E-state index contributed by atoms with van der Waals surface area (Å²) in [5, 5.41) is 0. The minimum Gasteiger partial charge on any atom is -0.168 e. The molecule has 0 saturated carbocycles. The third kappa shape index (κ3) is 2.74. The molecule has 0 heterocycles. The van der Waals surface area contributed by atoms with Crippen LogP contribution in [-0.4, -0.2) is 4.75 Å². The SMILES string of the molecule is C=CC(C)(S)Cc1ccccc1. The summed E-state index contributed by atoms with van der Waals surface area (Å²) < 4.78 is -0.0959. The smallest absolute Gasteiger partial charge is 0.0318 e. The molecule has 0 aliphatic heterocycles. The van der Waals surface area contributed by atoms with Gasteiger partial charge in [0.15, 0.2) is 0 Å². The van der Waals surface area contributed by atoms with E-state index in [2.05, 4.69) is 38.3 Å². The zero-order valence-electron chi connectivity index (χ0n) is 7.33. The zero-order chi connectivity index (χ0) is 9.03. The predicted molar refractivity (Wildman–Crippen MR) is 57.7 cm³/mol. The van der Waals surface area contributed by atoms with Crippen LogP contribution in [0.15, 0.2) is 43.0 Å². The van der Waals surface area contributed by atoms with Crippen LogP contribution in [0, 0.1) is 0 Å². The number of hydrogen-bond donors (Lipinski definition) is 1. The first-order valence-electron chi connectivity index (χ1n) is 4.04. The van der Waals surface area contributed by atoms with Crippen LogP contribution < -0.4 is 0 Å². The van der Waals surface area contributed by atoms with Crippen LogP contribution in [0.1, 0.15) is 12.5 Å². The zero-order valence-corrected chi connectivity index (χ0v) is 8.22. The molecule has 1 atom stereocenters. The molecule has 12 heavy (non-hydrogen) atoms. The fourth-order valence-corrected chi connectivity index (χ4v) is 1.26. The summed E-state index contributed by atoms with van der Waals surface area (Å²) in [7, 11) is 0. The van der Waals surface area contributed by atoms with E-state index in [1.54, 1.807) is 0 Å². The molecule has 1 unspecified atom stereocenters. The van der Waals surface area contributed by atoms with E-state index in [9.17, 15) is 0 Å². The maximum Gasteiger partial charge on any atom is 0.0318 e. The number of benzene rings is 1. The molecule has 0 fully saturated rings. The Morgan fingerprint density at radius 1 is 1.42 bits per heavy atom. The monoisotopic (exact) mass is 178 g/mol. The van der Waals surface area contributed by atoms with Crippen molar-refractivity contribution in [1.29, 1.82) is 0 Å². The lowest BCUT2D eigenvalue weighted by atomic mass is 10.0. The first-order valence-corrected chi connectivity index (χ1v) is 4.49. The van der Waals surface area contributed by atoms with Crippen molar-refractivity contribution in [1.82, 2.24) is 0 Å². The second kappa shape index (κ2) is 3.81. The maximum atomic E-state index is 4.48. The van der Waals surface area contributed by atoms with Crippen molar-refractivity contribution >= 4 is 12.6 Å². The molecular weight excluding hydrogens is 164 g/mol. The Bertz CT molecular complexity index is 249. The predicted octanol–water partition coefficient (Wildman–Crippen LogP) is 3.10. The quantitative estimate of drug-likeness (QED) is 0.533. The van der Waals surface area contributed by atoms with Gasteiger partial charge >= 0.3 is 0 Å². The van der Waals surface area contributed by atoms with Gasteiger partial charge in [0.2, 0.25) is 0 Å². The van der Waals surface area contributed by atoms with Crippen LogP contribution in [0.2, 0.25) is 0 Å². The van der Waals surface area contributed by atoms with Gasteiger partial charge in [-0.3, -0.25) is 0 Å². The summed E-state index contributed by atoms with van der Waals surface area (Å²) in [5.41, 5.74) is 1.30. The van der Waals surface area contributed by atoms with Crippen molar-refractivity contribution in [3.8, 4) is 0 Å². The Kier molecular flexibility index (Phi) is 2.99. The molecule has 64 valence electrons. The number of thiol groups is 1. The van der Waals surface area contributed by atoms with Gasteiger partial charge in [-0.15, -0.1) is 6.58 Å². The first-order chi connectivity index (χ1) is 5.64. The minimum atomic E-state index is -0.0959. The Labute approximate surface area is 79.7 Å². The Balaban J connectivity index is 2.70. The van der Waals surface area contributed by atoms with E-state index in [-0.39, 0.29) is 4.75 Å². The highest BCUT2D eigenvalue weighted by Crippen LogP contribution is 2.20. The van der Waals surface area contributed by atoms with Gasteiger partial charge in [0.25, 0.3) is 0 Å². The van der Waals surface area contributed by atoms with E-state index in [0.717, 1.165) is 6.42 Å². The molecule has 1 aromatic rings. The molecule has 0 saturated heterocycles. The summed E-state index contributed by atoms with van der Waals surface area (Å²) in [6.07, 6.45) is 2.81. The van der Waals surface area contributed by atoms with Gasteiger partial charge in [-0.2, -0.15) is 12.6 Å². The van der Waals surface area contributed by atoms with E-state index in [1.165, 1.54) is 5.56 Å². The van der Waals surface area contributed by atoms with Crippen LogP contribution in [0.3, 0.4) is 0 Å². The summed E-state index contributed by atoms with van der Waals surface area (Å²) in [6, 6.07) is 10.3. The highest BCUT2D eigenvalue weighted by molar-refractivity contribution is 7.82. The normalized spacial score (nSPS) is 15.2. The molecule has 1 aromatic carbocycles. The highest BCUT2D eigenvalue weighted by Gasteiger charge is 2.13. The molecule has 0 aromatic heterocycles. The molecule has 1 rings (SSSR count). The van der Waals surface area contributed by atoms with Crippen molar-refractivity contribution in [3.63, 3.8) is 0 Å². The minimum absolute atomic E-state index is 0.0959. The van der Waals surface area contributed by atoms with Gasteiger partial charge in [-0.25, -0.2) is 0 Å². The fraction of sp³-hybridized carbons (Fsp3) is 0.273. The number of hydrogen-bond acceptors (Lipinski definition) is 1. The van der Waals surface area contributed by atoms with Crippen molar-refractivity contribution in [2.45, 2.75) is 18.1 Å². The average molecular weight is 178 g/mol. The molecule has 1 heteroatoms. The second-order valence-corrected chi connectivity index (χ2v) is 4.25. The van der Waals surface area contributed by atoms with Crippen LogP contribution >= 0.6 is 12.6 Å². The third-order valence-electron chi connectivity index (χ3n) is 1.84. The molecule has 0 spiro atoms. The van der Waals surface area contributed by atoms with Gasteiger partial charge < -0.3 is 0 Å². The molecule has 0 aliphatic rings. The Hall–Kier alpha value is -0.690. The standard InChI is InChI=1S/C11H14S/c1-3-11(2,12)9-10-7-5-4-6-8-10/h3-8,12H,1,9H2,2H3. The van der Waals surface area contributed by atoms with Crippen LogP contribution in [0.4, 0.5) is 0 Å². The van der Waals surface area contributed by atoms with Crippen molar-refractivity contribution in [3.05, 3.63) is 48.6 Å². The molecule has 0 radical (unpaired) electrons. The van der Waals surface area contributed by atoms with Crippen LogP contribution in [0.25, 0.3) is 0 Å². The summed E-state index contributed by atoms with van der Waals surface area (Å²) in [4.78, 5) is 0. The second-order valence-electron chi connectivity index (χ2n) is 3.22. The lowest BCUT2D eigenvalue weighted by Crippen LogP contribution is -2.15. The highest BCUT2D eigenvalue weighted by atomic mass is 32.1. The first kappa shape index (κ1) is 9.40. The fourth-order valence-electron chi connectivity index (χ4n) is 1.08. The molecule has 0 nitrogen and oxygen atoms in total. The molecular formula is C11H14S. The van der Waals surface area contributed by atoms with Crippen LogP contribution in [-0.2, 0) is 6.42 Å². The summed E-state index contributed by atoms with van der Waals surface area (Å²) in [6.45, 7) is 5.82. The van der Waals surface area contributed by atoms with Gasteiger partial charge in [0.05, 0.1) is 0 Å².